The molecule has 0 saturated carbocycles. The van der Waals surface area contributed by atoms with Crippen LogP contribution in [0, 0.1) is 0 Å². The van der Waals surface area contributed by atoms with Crippen LogP contribution in [0.2, 0.25) is 0 Å². The van der Waals surface area contributed by atoms with Gasteiger partial charge in [0.05, 0.1) is 12.8 Å². The molecule has 6 nitrogen and oxygen atoms in total. The first kappa shape index (κ1) is 15.6. The zero-order valence-electron chi connectivity index (χ0n) is 9.57. The van der Waals surface area contributed by atoms with E-state index in [1.54, 1.807) is 24.3 Å². The number of rotatable bonds is 5. The molecule has 0 spiro atoms. The Morgan fingerprint density at radius 1 is 1.00 bits per heavy atom. The van der Waals surface area contributed by atoms with E-state index in [2.05, 4.69) is 0 Å². The number of aldehydes is 1. The lowest BCUT2D eigenvalue weighted by molar-refractivity contribution is -0.143. The van der Waals surface area contributed by atoms with Gasteiger partial charge in [0, 0.05) is 6.42 Å². The van der Waals surface area contributed by atoms with Gasteiger partial charge in [-0.05, 0) is 17.7 Å². The van der Waals surface area contributed by atoms with E-state index in [4.69, 9.17) is 15.3 Å². The fourth-order valence-electron chi connectivity index (χ4n) is 0.942. The molecular weight excluding hydrogens is 240 g/mol. The van der Waals surface area contributed by atoms with Gasteiger partial charge in [0.1, 0.15) is 12.0 Å². The monoisotopic (exact) mass is 254 g/mol. The van der Waals surface area contributed by atoms with Gasteiger partial charge in [-0.25, -0.2) is 0 Å². The predicted molar refractivity (Wildman–Crippen MR) is 62.4 cm³/mol. The summed E-state index contributed by atoms with van der Waals surface area (Å²) >= 11 is 0. The molecule has 0 atom stereocenters. The topological polar surface area (TPSA) is 112 Å². The first-order valence-corrected chi connectivity index (χ1v) is 5.11. The van der Waals surface area contributed by atoms with Crippen molar-refractivity contribution in [1.82, 2.24) is 0 Å². The molecule has 0 radical (unpaired) electrons. The summed E-state index contributed by atoms with van der Waals surface area (Å²) in [5.41, 5.74) is 0.924. The highest BCUT2D eigenvalue weighted by molar-refractivity contribution is 5.75. The highest BCUT2D eigenvalue weighted by Gasteiger charge is 2.00. The molecule has 0 aromatic heterocycles. The van der Waals surface area contributed by atoms with E-state index >= 15 is 0 Å². The Labute approximate surface area is 103 Å². The van der Waals surface area contributed by atoms with Gasteiger partial charge in [0.25, 0.3) is 0 Å². The molecule has 6 heteroatoms. The quantitative estimate of drug-likeness (QED) is 0.677. The molecule has 0 amide bonds. The van der Waals surface area contributed by atoms with Crippen molar-refractivity contribution in [1.29, 1.82) is 0 Å². The highest BCUT2D eigenvalue weighted by Crippen LogP contribution is 2.08. The van der Waals surface area contributed by atoms with Crippen LogP contribution in [0.25, 0.3) is 0 Å². The molecule has 0 heterocycles. The third kappa shape index (κ3) is 8.90. The zero-order chi connectivity index (χ0) is 14.0. The van der Waals surface area contributed by atoms with Crippen LogP contribution in [-0.2, 0) is 20.8 Å². The van der Waals surface area contributed by atoms with Crippen LogP contribution in [0.15, 0.2) is 24.3 Å². The molecule has 18 heavy (non-hydrogen) atoms. The number of aliphatic carboxylic acids is 2. The molecule has 0 bridgehead atoms. The van der Waals surface area contributed by atoms with Gasteiger partial charge in [-0.3, -0.25) is 9.59 Å². The predicted octanol–water partition coefficient (Wildman–Crippen LogP) is 1.07. The number of hydrogen-bond acceptors (Lipinski definition) is 4. The van der Waals surface area contributed by atoms with Crippen LogP contribution in [0.1, 0.15) is 18.4 Å². The minimum atomic E-state index is -1.08. The summed E-state index contributed by atoms with van der Waals surface area (Å²) in [6, 6.07) is 6.59. The molecule has 0 aliphatic rings. The van der Waals surface area contributed by atoms with E-state index in [0.29, 0.717) is 6.42 Å². The lowest BCUT2D eigenvalue weighted by atomic mass is 10.2. The Balaban J connectivity index is 0.000000331. The second-order valence-corrected chi connectivity index (χ2v) is 3.32. The van der Waals surface area contributed by atoms with Crippen molar-refractivity contribution in [3.05, 3.63) is 29.8 Å². The van der Waals surface area contributed by atoms with E-state index in [9.17, 15) is 14.4 Å². The molecule has 98 valence electrons. The van der Waals surface area contributed by atoms with Crippen LogP contribution < -0.4 is 0 Å². The van der Waals surface area contributed by atoms with Gasteiger partial charge in [0.2, 0.25) is 0 Å². The molecule has 3 N–H and O–H groups in total. The number of aromatic hydroxyl groups is 1. The fourth-order valence-corrected chi connectivity index (χ4v) is 0.942. The number of phenolic OH excluding ortho intramolecular Hbond substituents is 1. The summed E-state index contributed by atoms with van der Waals surface area (Å²) in [6.45, 7) is 0. The van der Waals surface area contributed by atoms with Crippen molar-refractivity contribution in [2.45, 2.75) is 19.3 Å². The molecular formula is C12H14O6. The highest BCUT2D eigenvalue weighted by atomic mass is 16.4. The number of carboxylic acids is 2. The first-order valence-electron chi connectivity index (χ1n) is 5.11. The van der Waals surface area contributed by atoms with Crippen molar-refractivity contribution < 1.29 is 29.7 Å². The molecule has 1 aromatic rings. The van der Waals surface area contributed by atoms with E-state index < -0.39 is 11.9 Å². The average molecular weight is 254 g/mol. The Morgan fingerprint density at radius 3 is 1.78 bits per heavy atom. The summed E-state index contributed by atoms with van der Waals surface area (Å²) in [5.74, 6) is -1.92. The minimum absolute atomic E-state index is 0.231. The number of phenols is 1. The standard InChI is InChI=1S/C8H8O2.C4H6O4/c9-6-5-7-1-3-8(10)4-2-7;5-3(6)1-2-4(7)8/h1-4,6,10H,5H2;1-2H2,(H,5,6)(H,7,8). The maximum Gasteiger partial charge on any atom is 0.303 e. The number of carboxylic acid groups (broad SMARTS) is 2. The summed E-state index contributed by atoms with van der Waals surface area (Å²) in [4.78, 5) is 29.3. The van der Waals surface area contributed by atoms with Crippen molar-refractivity contribution in [3.63, 3.8) is 0 Å². The summed E-state index contributed by atoms with van der Waals surface area (Å²) in [6.07, 6.45) is 0.664. The second-order valence-electron chi connectivity index (χ2n) is 3.32. The second kappa shape index (κ2) is 8.74. The third-order valence-corrected chi connectivity index (χ3v) is 1.81. The maximum absolute atomic E-state index is 10.00. The Morgan fingerprint density at radius 2 is 1.44 bits per heavy atom. The molecule has 0 unspecified atom stereocenters. The van der Waals surface area contributed by atoms with Crippen LogP contribution >= 0.6 is 0 Å². The first-order chi connectivity index (χ1) is 8.45. The normalized spacial score (nSPS) is 8.89. The maximum atomic E-state index is 10.00. The van der Waals surface area contributed by atoms with Crippen LogP contribution in [0.4, 0.5) is 0 Å². The fraction of sp³-hybridized carbons (Fsp3) is 0.250. The van der Waals surface area contributed by atoms with Gasteiger partial charge in [-0.15, -0.1) is 0 Å². The largest absolute Gasteiger partial charge is 0.508 e. The third-order valence-electron chi connectivity index (χ3n) is 1.81. The summed E-state index contributed by atoms with van der Waals surface area (Å²) in [7, 11) is 0. The van der Waals surface area contributed by atoms with Gasteiger partial charge >= 0.3 is 11.9 Å². The average Bonchev–Trinajstić information content (AvgIpc) is 2.31. The molecule has 1 aromatic carbocycles. The van der Waals surface area contributed by atoms with E-state index in [1.807, 2.05) is 0 Å². The lowest BCUT2D eigenvalue weighted by Crippen LogP contribution is -2.00. The smallest absolute Gasteiger partial charge is 0.303 e. The van der Waals surface area contributed by atoms with Gasteiger partial charge in [0.15, 0.2) is 0 Å². The zero-order valence-corrected chi connectivity index (χ0v) is 9.57. The van der Waals surface area contributed by atoms with Crippen LogP contribution in [0.3, 0.4) is 0 Å². The van der Waals surface area contributed by atoms with Crippen molar-refractivity contribution >= 4 is 18.2 Å². The van der Waals surface area contributed by atoms with E-state index in [1.165, 1.54) is 0 Å². The van der Waals surface area contributed by atoms with Crippen LogP contribution in [0.5, 0.6) is 5.75 Å². The summed E-state index contributed by atoms with van der Waals surface area (Å²) < 4.78 is 0. The van der Waals surface area contributed by atoms with Crippen molar-refractivity contribution in [2.75, 3.05) is 0 Å². The molecule has 0 saturated heterocycles. The number of carbonyl (C=O) groups is 3. The molecule has 0 aliphatic carbocycles. The lowest BCUT2D eigenvalue weighted by Gasteiger charge is -1.93. The van der Waals surface area contributed by atoms with Crippen molar-refractivity contribution in [2.24, 2.45) is 0 Å². The number of carbonyl (C=O) groups excluding carboxylic acids is 1. The minimum Gasteiger partial charge on any atom is -0.508 e. The van der Waals surface area contributed by atoms with E-state index in [-0.39, 0.29) is 18.6 Å². The van der Waals surface area contributed by atoms with Crippen LogP contribution in [-0.4, -0.2) is 33.5 Å². The SMILES string of the molecule is O=C(O)CCC(=O)O.O=CCc1ccc(O)cc1. The number of benzene rings is 1. The summed E-state index contributed by atoms with van der Waals surface area (Å²) in [5, 5.41) is 24.6. The van der Waals surface area contributed by atoms with Gasteiger partial charge in [-0.2, -0.15) is 0 Å². The molecule has 0 fully saturated rings. The van der Waals surface area contributed by atoms with Gasteiger partial charge < -0.3 is 20.1 Å². The molecule has 1 rings (SSSR count). The Kier molecular flexibility index (Phi) is 7.59. The molecule has 0 aliphatic heterocycles. The van der Waals surface area contributed by atoms with Crippen molar-refractivity contribution in [3.8, 4) is 5.75 Å². The number of hydrogen-bond donors (Lipinski definition) is 3. The van der Waals surface area contributed by atoms with E-state index in [0.717, 1.165) is 11.8 Å². The Bertz CT molecular complexity index is 382. The van der Waals surface area contributed by atoms with Gasteiger partial charge in [-0.1, -0.05) is 12.1 Å². The Hall–Kier alpha value is -2.37.